The van der Waals surface area contributed by atoms with Gasteiger partial charge in [-0.1, -0.05) is 30.3 Å². The van der Waals surface area contributed by atoms with Crippen molar-refractivity contribution in [2.75, 3.05) is 31.1 Å². The maximum absolute atomic E-state index is 12.7. The highest BCUT2D eigenvalue weighted by Crippen LogP contribution is 2.21. The largest absolute Gasteiger partial charge is 0.369 e. The molecule has 0 bridgehead atoms. The first kappa shape index (κ1) is 21.8. The van der Waals surface area contributed by atoms with Crippen LogP contribution < -0.4 is 10.2 Å². The van der Waals surface area contributed by atoms with E-state index in [-0.39, 0.29) is 28.6 Å². The molecule has 2 atom stereocenters. The van der Waals surface area contributed by atoms with E-state index >= 15 is 0 Å². The lowest BCUT2D eigenvalue weighted by atomic mass is 10.1. The lowest BCUT2D eigenvalue weighted by Crippen LogP contribution is -2.54. The first-order chi connectivity index (χ1) is 14.4. The lowest BCUT2D eigenvalue weighted by Gasteiger charge is -2.38. The molecule has 7 nitrogen and oxygen atoms in total. The van der Waals surface area contributed by atoms with Crippen molar-refractivity contribution in [3.05, 3.63) is 70.3 Å². The van der Waals surface area contributed by atoms with Crippen LogP contribution in [-0.2, 0) is 11.2 Å². The Kier molecular flexibility index (Phi) is 7.41. The van der Waals surface area contributed by atoms with Crippen LogP contribution in [0.2, 0.25) is 0 Å². The fourth-order valence-electron chi connectivity index (χ4n) is 3.78. The van der Waals surface area contributed by atoms with Gasteiger partial charge in [-0.25, -0.2) is 0 Å². The maximum Gasteiger partial charge on any atom is 0.269 e. The first-order valence-electron chi connectivity index (χ1n) is 10.5. The summed E-state index contributed by atoms with van der Waals surface area (Å²) in [7, 11) is 0. The van der Waals surface area contributed by atoms with E-state index in [9.17, 15) is 14.9 Å². The second-order valence-electron chi connectivity index (χ2n) is 7.91. The van der Waals surface area contributed by atoms with E-state index in [1.54, 1.807) is 12.1 Å². The van der Waals surface area contributed by atoms with Crippen LogP contribution in [0.1, 0.15) is 25.8 Å². The van der Waals surface area contributed by atoms with Gasteiger partial charge in [0.25, 0.3) is 5.69 Å². The Morgan fingerprint density at radius 2 is 1.67 bits per heavy atom. The molecule has 1 heterocycles. The smallest absolute Gasteiger partial charge is 0.269 e. The fraction of sp³-hybridized carbons (Fsp3) is 0.435. The number of anilines is 1. The second kappa shape index (κ2) is 10.2. The highest BCUT2D eigenvalue weighted by atomic mass is 16.6. The number of amides is 1. The molecule has 1 aliphatic heterocycles. The number of carbonyl (C=O) groups excluding carboxylic acids is 1. The third-order valence-corrected chi connectivity index (χ3v) is 5.76. The Hall–Kier alpha value is -2.93. The van der Waals surface area contributed by atoms with Crippen LogP contribution in [0.4, 0.5) is 11.4 Å². The van der Waals surface area contributed by atoms with Gasteiger partial charge in [-0.2, -0.15) is 0 Å². The van der Waals surface area contributed by atoms with Crippen LogP contribution in [0.3, 0.4) is 0 Å². The summed E-state index contributed by atoms with van der Waals surface area (Å²) in [6.07, 6.45) is 1.86. The van der Waals surface area contributed by atoms with E-state index in [0.717, 1.165) is 44.7 Å². The lowest BCUT2D eigenvalue weighted by molar-refractivity contribution is -0.384. The summed E-state index contributed by atoms with van der Waals surface area (Å²) in [6, 6.07) is 16.9. The van der Waals surface area contributed by atoms with Crippen molar-refractivity contribution in [2.45, 2.75) is 38.8 Å². The van der Waals surface area contributed by atoms with Crippen LogP contribution in [-0.4, -0.2) is 54.0 Å². The third kappa shape index (κ3) is 5.79. The molecule has 0 aliphatic carbocycles. The summed E-state index contributed by atoms with van der Waals surface area (Å²) in [5.74, 6) is 0.0688. The highest BCUT2D eigenvalue weighted by Gasteiger charge is 2.26. The molecule has 1 N–H and O–H groups in total. The molecule has 2 aromatic rings. The number of rotatable bonds is 8. The zero-order valence-electron chi connectivity index (χ0n) is 17.7. The number of nitrogens with zero attached hydrogens (tertiary/aromatic N) is 3. The van der Waals surface area contributed by atoms with Crippen molar-refractivity contribution in [1.82, 2.24) is 10.2 Å². The molecule has 2 aromatic carbocycles. The quantitative estimate of drug-likeness (QED) is 0.534. The van der Waals surface area contributed by atoms with E-state index in [1.807, 2.05) is 25.1 Å². The minimum atomic E-state index is -0.386. The third-order valence-electron chi connectivity index (χ3n) is 5.76. The van der Waals surface area contributed by atoms with Crippen molar-refractivity contribution < 1.29 is 9.72 Å². The van der Waals surface area contributed by atoms with Gasteiger partial charge in [0, 0.05) is 50.0 Å². The van der Waals surface area contributed by atoms with Crippen LogP contribution in [0, 0.1) is 10.1 Å². The van der Waals surface area contributed by atoms with E-state index in [2.05, 4.69) is 34.2 Å². The molecule has 160 valence electrons. The molecule has 0 spiro atoms. The molecule has 1 fully saturated rings. The van der Waals surface area contributed by atoms with Crippen molar-refractivity contribution in [3.63, 3.8) is 0 Å². The number of hydrogen-bond donors (Lipinski definition) is 1. The average molecular weight is 411 g/mol. The van der Waals surface area contributed by atoms with Gasteiger partial charge in [0.15, 0.2) is 0 Å². The highest BCUT2D eigenvalue weighted by molar-refractivity contribution is 5.81. The molecule has 1 amide bonds. The van der Waals surface area contributed by atoms with Crippen LogP contribution >= 0.6 is 0 Å². The van der Waals surface area contributed by atoms with Crippen LogP contribution in [0.25, 0.3) is 0 Å². The zero-order chi connectivity index (χ0) is 21.5. The number of aryl methyl sites for hydroxylation is 1. The van der Waals surface area contributed by atoms with E-state index in [0.29, 0.717) is 0 Å². The van der Waals surface area contributed by atoms with Crippen LogP contribution in [0.5, 0.6) is 0 Å². The summed E-state index contributed by atoms with van der Waals surface area (Å²) in [6.45, 7) is 7.16. The Labute approximate surface area is 177 Å². The molecule has 0 radical (unpaired) electrons. The topological polar surface area (TPSA) is 78.7 Å². The minimum Gasteiger partial charge on any atom is -0.369 e. The van der Waals surface area contributed by atoms with Crippen molar-refractivity contribution in [3.8, 4) is 0 Å². The number of nitro groups is 1. The Morgan fingerprint density at radius 3 is 2.27 bits per heavy atom. The van der Waals surface area contributed by atoms with Crippen molar-refractivity contribution in [1.29, 1.82) is 0 Å². The number of piperazine rings is 1. The molecular weight excluding hydrogens is 380 g/mol. The fourth-order valence-corrected chi connectivity index (χ4v) is 3.78. The SMILES string of the molecule is C[C@H](CCc1ccccc1)NC(=O)[C@@H](C)N1CCN(c2ccc([N+](=O)[O-])cc2)CC1. The van der Waals surface area contributed by atoms with Gasteiger partial charge in [-0.3, -0.25) is 19.8 Å². The van der Waals surface area contributed by atoms with E-state index in [4.69, 9.17) is 0 Å². The first-order valence-corrected chi connectivity index (χ1v) is 10.5. The number of carbonyl (C=O) groups is 1. The molecule has 3 rings (SSSR count). The molecule has 1 aliphatic rings. The predicted molar refractivity (Wildman–Crippen MR) is 119 cm³/mol. The molecule has 1 saturated heterocycles. The van der Waals surface area contributed by atoms with Gasteiger partial charge < -0.3 is 10.2 Å². The molecule has 30 heavy (non-hydrogen) atoms. The van der Waals surface area contributed by atoms with Gasteiger partial charge in [0.1, 0.15) is 0 Å². The summed E-state index contributed by atoms with van der Waals surface area (Å²) in [5.41, 5.74) is 2.37. The average Bonchev–Trinajstić information content (AvgIpc) is 2.78. The number of non-ortho nitro benzene ring substituents is 1. The minimum absolute atomic E-state index is 0.0688. The molecule has 0 aromatic heterocycles. The van der Waals surface area contributed by atoms with Crippen LogP contribution in [0.15, 0.2) is 54.6 Å². The number of benzene rings is 2. The molecule has 0 saturated carbocycles. The standard InChI is InChI=1S/C23H30N4O3/c1-18(8-9-20-6-4-3-5-7-20)24-23(28)19(2)25-14-16-26(17-15-25)21-10-12-22(13-11-21)27(29)30/h3-7,10-13,18-19H,8-9,14-17H2,1-2H3,(H,24,28)/t18-,19-/m1/s1. The second-order valence-corrected chi connectivity index (χ2v) is 7.91. The number of nitrogens with one attached hydrogen (secondary N) is 1. The van der Waals surface area contributed by atoms with Gasteiger partial charge in [-0.15, -0.1) is 0 Å². The summed E-state index contributed by atoms with van der Waals surface area (Å²) in [5, 5.41) is 14.0. The van der Waals surface area contributed by atoms with Gasteiger partial charge in [0.05, 0.1) is 11.0 Å². The van der Waals surface area contributed by atoms with E-state index in [1.165, 1.54) is 17.7 Å². The van der Waals surface area contributed by atoms with Crippen molar-refractivity contribution >= 4 is 17.3 Å². The maximum atomic E-state index is 12.7. The molecule has 7 heteroatoms. The number of nitro benzene ring substituents is 1. The van der Waals surface area contributed by atoms with Crippen molar-refractivity contribution in [2.24, 2.45) is 0 Å². The normalized spacial score (nSPS) is 16.7. The summed E-state index contributed by atoms with van der Waals surface area (Å²) < 4.78 is 0. The van der Waals surface area contributed by atoms with Gasteiger partial charge in [-0.05, 0) is 44.4 Å². The zero-order valence-corrected chi connectivity index (χ0v) is 17.7. The van der Waals surface area contributed by atoms with E-state index < -0.39 is 0 Å². The Balaban J connectivity index is 1.44. The monoisotopic (exact) mass is 410 g/mol. The van der Waals surface area contributed by atoms with Gasteiger partial charge in [0.2, 0.25) is 5.91 Å². The summed E-state index contributed by atoms with van der Waals surface area (Å²) in [4.78, 5) is 27.5. The predicted octanol–water partition coefficient (Wildman–Crippen LogP) is 3.24. The molecule has 0 unspecified atom stereocenters. The summed E-state index contributed by atoms with van der Waals surface area (Å²) >= 11 is 0. The Bertz CT molecular complexity index is 833. The Morgan fingerprint density at radius 1 is 1.03 bits per heavy atom. The van der Waals surface area contributed by atoms with Gasteiger partial charge >= 0.3 is 0 Å². The number of hydrogen-bond acceptors (Lipinski definition) is 5. The molecular formula is C23H30N4O3.